The lowest BCUT2D eigenvalue weighted by Gasteiger charge is -2.28. The average molecular weight is 345 g/mol. The van der Waals surface area contributed by atoms with Gasteiger partial charge >= 0.3 is 0 Å². The zero-order valence-corrected chi connectivity index (χ0v) is 15.4. The first-order chi connectivity index (χ1) is 11.8. The van der Waals surface area contributed by atoms with Crippen LogP contribution in [0, 0.1) is 6.92 Å². The molecular weight excluding hydrogens is 316 g/mol. The van der Waals surface area contributed by atoms with Gasteiger partial charge in [0.1, 0.15) is 0 Å². The molecule has 1 aliphatic rings. The molecule has 0 unspecified atom stereocenters. The normalized spacial score (nSPS) is 15.9. The number of aryl methyl sites for hydroxylation is 1. The van der Waals surface area contributed by atoms with Gasteiger partial charge in [0.2, 0.25) is 0 Å². The van der Waals surface area contributed by atoms with Crippen molar-refractivity contribution in [3.63, 3.8) is 0 Å². The van der Waals surface area contributed by atoms with E-state index in [2.05, 4.69) is 58.5 Å². The van der Waals surface area contributed by atoms with E-state index in [1.54, 1.807) is 0 Å². The van der Waals surface area contributed by atoms with Gasteiger partial charge < -0.3 is 4.74 Å². The van der Waals surface area contributed by atoms with E-state index in [0.29, 0.717) is 0 Å². The minimum absolute atomic E-state index is 0.891. The second-order valence-corrected chi connectivity index (χ2v) is 7.53. The average Bonchev–Trinajstić information content (AvgIpc) is 3.01. The molecule has 1 saturated heterocycles. The van der Waals surface area contributed by atoms with Crippen molar-refractivity contribution in [2.75, 3.05) is 39.4 Å². The third kappa shape index (κ3) is 5.42. The Kier molecular flexibility index (Phi) is 6.85. The number of rotatable bonds is 8. The lowest BCUT2D eigenvalue weighted by Crippen LogP contribution is -2.38. The Hall–Kier alpha value is -1.20. The van der Waals surface area contributed by atoms with Crippen LogP contribution in [-0.2, 0) is 17.8 Å². The Morgan fingerprint density at radius 1 is 1.08 bits per heavy atom. The number of ether oxygens (including phenoxy) is 1. The second-order valence-electron chi connectivity index (χ2n) is 6.53. The fourth-order valence-electron chi connectivity index (χ4n) is 3.17. The number of thiophene rings is 1. The van der Waals surface area contributed by atoms with Gasteiger partial charge in [-0.15, -0.1) is 11.3 Å². The molecular formula is C20H28N2OS. The van der Waals surface area contributed by atoms with E-state index in [1.807, 2.05) is 11.3 Å². The van der Waals surface area contributed by atoms with Crippen molar-refractivity contribution in [1.82, 2.24) is 9.80 Å². The van der Waals surface area contributed by atoms with Crippen LogP contribution in [0.4, 0.5) is 0 Å². The third-order valence-electron chi connectivity index (χ3n) is 4.64. The Bertz CT molecular complexity index is 593. The van der Waals surface area contributed by atoms with Crippen LogP contribution in [0.5, 0.6) is 0 Å². The van der Waals surface area contributed by atoms with E-state index >= 15 is 0 Å². The van der Waals surface area contributed by atoms with Crippen LogP contribution < -0.4 is 0 Å². The summed E-state index contributed by atoms with van der Waals surface area (Å²) in [5.41, 5.74) is 2.82. The van der Waals surface area contributed by atoms with Gasteiger partial charge in [0.15, 0.2) is 0 Å². The molecule has 3 nitrogen and oxygen atoms in total. The highest BCUT2D eigenvalue weighted by Crippen LogP contribution is 2.19. The largest absolute Gasteiger partial charge is 0.379 e. The Labute approximate surface area is 149 Å². The lowest BCUT2D eigenvalue weighted by molar-refractivity contribution is 0.0359. The summed E-state index contributed by atoms with van der Waals surface area (Å²) < 4.78 is 5.44. The summed E-state index contributed by atoms with van der Waals surface area (Å²) in [5, 5.41) is 2.21. The van der Waals surface area contributed by atoms with E-state index in [0.717, 1.165) is 45.9 Å². The maximum atomic E-state index is 5.44. The van der Waals surface area contributed by atoms with Gasteiger partial charge in [0.05, 0.1) is 13.2 Å². The first kappa shape index (κ1) is 17.6. The molecule has 2 heterocycles. The van der Waals surface area contributed by atoms with Gasteiger partial charge in [0.25, 0.3) is 0 Å². The molecule has 3 rings (SSSR count). The number of nitrogens with zero attached hydrogens (tertiary/aromatic N) is 2. The quantitative estimate of drug-likeness (QED) is 0.725. The molecule has 1 fully saturated rings. The molecule has 4 heteroatoms. The zero-order chi connectivity index (χ0) is 16.6. The molecule has 1 aromatic heterocycles. The highest BCUT2D eigenvalue weighted by Gasteiger charge is 2.13. The van der Waals surface area contributed by atoms with E-state index in [9.17, 15) is 0 Å². The van der Waals surface area contributed by atoms with Gasteiger partial charge in [0, 0.05) is 37.6 Å². The van der Waals surface area contributed by atoms with Crippen LogP contribution in [0.15, 0.2) is 41.8 Å². The third-order valence-corrected chi connectivity index (χ3v) is 5.64. The van der Waals surface area contributed by atoms with E-state index in [1.165, 1.54) is 29.0 Å². The number of hydrogen-bond acceptors (Lipinski definition) is 4. The van der Waals surface area contributed by atoms with Crippen molar-refractivity contribution < 1.29 is 4.74 Å². The molecule has 1 aliphatic heterocycles. The smallest absolute Gasteiger partial charge is 0.0594 e. The molecule has 2 aromatic rings. The predicted octanol–water partition coefficient (Wildman–Crippen LogP) is 3.78. The van der Waals surface area contributed by atoms with Crippen molar-refractivity contribution >= 4 is 11.3 Å². The lowest BCUT2D eigenvalue weighted by atomic mass is 10.2. The molecule has 0 N–H and O–H groups in total. The number of hydrogen-bond donors (Lipinski definition) is 0. The molecule has 0 bridgehead atoms. The van der Waals surface area contributed by atoms with E-state index in [4.69, 9.17) is 4.74 Å². The standard InChI is InChI=1S/C20H28N2OS/c1-18-8-15-24-20(18)17-22(16-19-6-3-2-4-7-19)10-5-9-21-11-13-23-14-12-21/h2-4,6-8,15H,5,9-14,16-17H2,1H3. The summed E-state index contributed by atoms with van der Waals surface area (Å²) in [6, 6.07) is 13.1. The summed E-state index contributed by atoms with van der Waals surface area (Å²) in [7, 11) is 0. The van der Waals surface area contributed by atoms with Gasteiger partial charge in [-0.05, 0) is 42.5 Å². The maximum Gasteiger partial charge on any atom is 0.0594 e. The van der Waals surface area contributed by atoms with Crippen LogP contribution in [0.2, 0.25) is 0 Å². The topological polar surface area (TPSA) is 15.7 Å². The molecule has 0 amide bonds. The van der Waals surface area contributed by atoms with Crippen molar-refractivity contribution in [3.05, 3.63) is 57.8 Å². The van der Waals surface area contributed by atoms with Gasteiger partial charge in [-0.25, -0.2) is 0 Å². The van der Waals surface area contributed by atoms with Crippen LogP contribution in [0.3, 0.4) is 0 Å². The van der Waals surface area contributed by atoms with Crippen molar-refractivity contribution in [1.29, 1.82) is 0 Å². The van der Waals surface area contributed by atoms with E-state index in [-0.39, 0.29) is 0 Å². The second kappa shape index (κ2) is 9.33. The Morgan fingerprint density at radius 3 is 2.58 bits per heavy atom. The molecule has 130 valence electrons. The summed E-state index contributed by atoms with van der Waals surface area (Å²) in [6.07, 6.45) is 1.22. The number of benzene rings is 1. The highest BCUT2D eigenvalue weighted by atomic mass is 32.1. The van der Waals surface area contributed by atoms with Gasteiger partial charge in [-0.2, -0.15) is 0 Å². The van der Waals surface area contributed by atoms with Crippen LogP contribution in [-0.4, -0.2) is 49.2 Å². The van der Waals surface area contributed by atoms with Gasteiger partial charge in [-0.1, -0.05) is 30.3 Å². The van der Waals surface area contributed by atoms with Crippen LogP contribution >= 0.6 is 11.3 Å². The molecule has 24 heavy (non-hydrogen) atoms. The van der Waals surface area contributed by atoms with Crippen LogP contribution in [0.1, 0.15) is 22.4 Å². The minimum Gasteiger partial charge on any atom is -0.379 e. The summed E-state index contributed by atoms with van der Waals surface area (Å²) in [4.78, 5) is 6.62. The zero-order valence-electron chi connectivity index (χ0n) is 14.6. The van der Waals surface area contributed by atoms with Crippen molar-refractivity contribution in [2.45, 2.75) is 26.4 Å². The van der Waals surface area contributed by atoms with Gasteiger partial charge in [-0.3, -0.25) is 9.80 Å². The fraction of sp³-hybridized carbons (Fsp3) is 0.500. The van der Waals surface area contributed by atoms with Crippen molar-refractivity contribution in [2.24, 2.45) is 0 Å². The Morgan fingerprint density at radius 2 is 1.88 bits per heavy atom. The monoisotopic (exact) mass is 344 g/mol. The maximum absolute atomic E-state index is 5.44. The predicted molar refractivity (Wildman–Crippen MR) is 101 cm³/mol. The minimum atomic E-state index is 0.891. The molecule has 1 aromatic carbocycles. The Balaban J connectivity index is 1.55. The van der Waals surface area contributed by atoms with Crippen LogP contribution in [0.25, 0.3) is 0 Å². The summed E-state index contributed by atoms with van der Waals surface area (Å²) in [6.45, 7) is 10.6. The van der Waals surface area contributed by atoms with Crippen molar-refractivity contribution in [3.8, 4) is 0 Å². The fourth-order valence-corrected chi connectivity index (χ4v) is 4.11. The summed E-state index contributed by atoms with van der Waals surface area (Å²) in [5.74, 6) is 0. The molecule has 0 aliphatic carbocycles. The first-order valence-corrected chi connectivity index (χ1v) is 9.78. The molecule has 0 atom stereocenters. The highest BCUT2D eigenvalue weighted by molar-refractivity contribution is 7.10. The first-order valence-electron chi connectivity index (χ1n) is 8.90. The summed E-state index contributed by atoms with van der Waals surface area (Å²) >= 11 is 1.88. The molecule has 0 spiro atoms. The SMILES string of the molecule is Cc1ccsc1CN(CCCN1CCOCC1)Cc1ccccc1. The molecule has 0 saturated carbocycles. The van der Waals surface area contributed by atoms with E-state index < -0.39 is 0 Å². The molecule has 0 radical (unpaired) electrons. The number of morpholine rings is 1.